The summed E-state index contributed by atoms with van der Waals surface area (Å²) in [6, 6.07) is 0.529. The van der Waals surface area contributed by atoms with Gasteiger partial charge in [-0.3, -0.25) is 4.84 Å². The Morgan fingerprint density at radius 1 is 1.22 bits per heavy atom. The number of rotatable bonds is 3. The van der Waals surface area contributed by atoms with Crippen LogP contribution in [0.5, 0.6) is 0 Å². The number of hydroxylamine groups is 2. The van der Waals surface area contributed by atoms with E-state index in [9.17, 15) is 0 Å². The first-order valence-corrected chi connectivity index (χ1v) is 7.48. The minimum atomic E-state index is 0.183. The van der Waals surface area contributed by atoms with Crippen LogP contribution in [0, 0.1) is 11.3 Å². The van der Waals surface area contributed by atoms with Gasteiger partial charge in [-0.2, -0.15) is 5.06 Å². The summed E-state index contributed by atoms with van der Waals surface area (Å²) in [5.74, 6) is 0.748. The second kappa shape index (κ2) is 5.89. The maximum atomic E-state index is 5.87. The van der Waals surface area contributed by atoms with Gasteiger partial charge in [-0.1, -0.05) is 20.8 Å². The van der Waals surface area contributed by atoms with E-state index >= 15 is 0 Å². The lowest BCUT2D eigenvalue weighted by Crippen LogP contribution is -2.49. The molecule has 3 nitrogen and oxygen atoms in total. The van der Waals surface area contributed by atoms with E-state index < -0.39 is 0 Å². The van der Waals surface area contributed by atoms with Crippen LogP contribution in [0.2, 0.25) is 0 Å². The van der Waals surface area contributed by atoms with Crippen molar-refractivity contribution in [3.63, 3.8) is 0 Å². The van der Waals surface area contributed by atoms with Crippen molar-refractivity contribution in [1.82, 2.24) is 5.06 Å². The third-order valence-electron chi connectivity index (χ3n) is 5.09. The summed E-state index contributed by atoms with van der Waals surface area (Å²) < 4.78 is 5.87. The second-order valence-corrected chi connectivity index (χ2v) is 6.68. The zero-order chi connectivity index (χ0) is 13.2. The van der Waals surface area contributed by atoms with Crippen LogP contribution in [0.15, 0.2) is 0 Å². The van der Waals surface area contributed by atoms with Gasteiger partial charge in [0.2, 0.25) is 0 Å². The molecule has 0 aromatic heterocycles. The van der Waals surface area contributed by atoms with Crippen molar-refractivity contribution in [1.29, 1.82) is 0 Å². The van der Waals surface area contributed by atoms with E-state index in [1.54, 1.807) is 7.11 Å². The molecule has 0 spiro atoms. The van der Waals surface area contributed by atoms with Crippen molar-refractivity contribution in [3.8, 4) is 0 Å². The average molecular weight is 255 g/mol. The van der Waals surface area contributed by atoms with Crippen LogP contribution in [0.3, 0.4) is 0 Å². The summed E-state index contributed by atoms with van der Waals surface area (Å²) in [6.45, 7) is 8.05. The SMILES string of the molecule is CON(C1CCC(C)(C)C(C)C1)[C@H]1CCCCO1. The largest absolute Gasteiger partial charge is 0.361 e. The topological polar surface area (TPSA) is 21.7 Å². The van der Waals surface area contributed by atoms with Crippen molar-refractivity contribution in [3.05, 3.63) is 0 Å². The molecule has 0 N–H and O–H groups in total. The molecule has 1 aliphatic carbocycles. The molecule has 106 valence electrons. The van der Waals surface area contributed by atoms with Gasteiger partial charge in [-0.15, -0.1) is 0 Å². The number of ether oxygens (including phenoxy) is 1. The molecule has 3 heteroatoms. The smallest absolute Gasteiger partial charge is 0.133 e. The lowest BCUT2D eigenvalue weighted by molar-refractivity contribution is -0.275. The molecule has 1 heterocycles. The zero-order valence-corrected chi connectivity index (χ0v) is 12.4. The molecule has 0 radical (unpaired) electrons. The Morgan fingerprint density at radius 3 is 2.56 bits per heavy atom. The lowest BCUT2D eigenvalue weighted by atomic mass is 9.68. The Kier molecular flexibility index (Phi) is 4.68. The number of hydrogen-bond donors (Lipinski definition) is 0. The van der Waals surface area contributed by atoms with Gasteiger partial charge < -0.3 is 4.74 Å². The van der Waals surface area contributed by atoms with Crippen molar-refractivity contribution in [2.45, 2.75) is 71.6 Å². The summed E-state index contributed by atoms with van der Waals surface area (Å²) in [6.07, 6.45) is 7.49. The van der Waals surface area contributed by atoms with Crippen LogP contribution in [0.4, 0.5) is 0 Å². The van der Waals surface area contributed by atoms with Crippen LogP contribution in [0.25, 0.3) is 0 Å². The normalized spacial score (nSPS) is 36.8. The molecule has 0 aromatic rings. The van der Waals surface area contributed by atoms with Gasteiger partial charge in [0.15, 0.2) is 0 Å². The third kappa shape index (κ3) is 3.06. The van der Waals surface area contributed by atoms with E-state index in [1.807, 2.05) is 0 Å². The van der Waals surface area contributed by atoms with Crippen LogP contribution in [-0.2, 0) is 9.57 Å². The molecule has 18 heavy (non-hydrogen) atoms. The van der Waals surface area contributed by atoms with Crippen LogP contribution in [0.1, 0.15) is 59.3 Å². The molecule has 2 unspecified atom stereocenters. The lowest BCUT2D eigenvalue weighted by Gasteiger charge is -2.45. The highest BCUT2D eigenvalue weighted by atomic mass is 16.7. The highest BCUT2D eigenvalue weighted by Crippen LogP contribution is 2.42. The molecule has 1 aliphatic heterocycles. The fraction of sp³-hybridized carbons (Fsp3) is 1.00. The minimum Gasteiger partial charge on any atom is -0.361 e. The van der Waals surface area contributed by atoms with Crippen molar-refractivity contribution >= 4 is 0 Å². The molecule has 0 aromatic carbocycles. The average Bonchev–Trinajstić information content (AvgIpc) is 2.36. The highest BCUT2D eigenvalue weighted by Gasteiger charge is 2.38. The maximum absolute atomic E-state index is 5.87. The fourth-order valence-corrected chi connectivity index (χ4v) is 3.29. The molecule has 0 bridgehead atoms. The molecule has 2 rings (SSSR count). The van der Waals surface area contributed by atoms with Gasteiger partial charge >= 0.3 is 0 Å². The Morgan fingerprint density at radius 2 is 2.00 bits per heavy atom. The summed E-state index contributed by atoms with van der Waals surface area (Å²) in [5.41, 5.74) is 0.476. The Bertz CT molecular complexity index is 261. The molecule has 0 amide bonds. The van der Waals surface area contributed by atoms with Crippen LogP contribution in [-0.4, -0.2) is 31.0 Å². The Hall–Kier alpha value is -0.120. The van der Waals surface area contributed by atoms with E-state index in [0.717, 1.165) is 18.9 Å². The zero-order valence-electron chi connectivity index (χ0n) is 12.4. The van der Waals surface area contributed by atoms with E-state index in [-0.39, 0.29) is 6.23 Å². The highest BCUT2D eigenvalue weighted by molar-refractivity contribution is 4.87. The van der Waals surface area contributed by atoms with Gasteiger partial charge in [0.05, 0.1) is 7.11 Å². The predicted octanol–water partition coefficient (Wildman–Crippen LogP) is 3.59. The standard InChI is InChI=1S/C15H29NO2/c1-12-11-13(8-9-15(12,2)3)16(17-4)14-7-5-6-10-18-14/h12-14H,5-11H2,1-4H3/t12?,13?,14-/m1/s1. The molecule has 2 fully saturated rings. The molecule has 1 saturated carbocycles. The van der Waals surface area contributed by atoms with Crippen molar-refractivity contribution in [2.24, 2.45) is 11.3 Å². The molecule has 2 aliphatic rings. The van der Waals surface area contributed by atoms with E-state index in [4.69, 9.17) is 9.57 Å². The van der Waals surface area contributed by atoms with E-state index in [1.165, 1.54) is 32.1 Å². The summed E-state index contributed by atoms with van der Waals surface area (Å²) >= 11 is 0. The van der Waals surface area contributed by atoms with Gasteiger partial charge in [0.1, 0.15) is 6.23 Å². The second-order valence-electron chi connectivity index (χ2n) is 6.68. The first kappa shape index (κ1) is 14.3. The summed E-state index contributed by atoms with van der Waals surface area (Å²) in [4.78, 5) is 5.65. The van der Waals surface area contributed by atoms with E-state index in [0.29, 0.717) is 11.5 Å². The summed E-state index contributed by atoms with van der Waals surface area (Å²) in [7, 11) is 1.79. The Balaban J connectivity index is 1.96. The molecule has 1 saturated heterocycles. The monoisotopic (exact) mass is 255 g/mol. The molecular formula is C15H29NO2. The fourth-order valence-electron chi connectivity index (χ4n) is 3.29. The van der Waals surface area contributed by atoms with Crippen LogP contribution >= 0.6 is 0 Å². The maximum Gasteiger partial charge on any atom is 0.133 e. The summed E-state index contributed by atoms with van der Waals surface area (Å²) in [5, 5.41) is 2.14. The van der Waals surface area contributed by atoms with Gasteiger partial charge in [-0.25, -0.2) is 0 Å². The van der Waals surface area contributed by atoms with Gasteiger partial charge in [0.25, 0.3) is 0 Å². The van der Waals surface area contributed by atoms with E-state index in [2.05, 4.69) is 25.8 Å². The number of nitrogens with zero attached hydrogens (tertiary/aromatic N) is 1. The first-order valence-electron chi connectivity index (χ1n) is 7.48. The third-order valence-corrected chi connectivity index (χ3v) is 5.09. The minimum absolute atomic E-state index is 0.183. The van der Waals surface area contributed by atoms with Crippen LogP contribution < -0.4 is 0 Å². The predicted molar refractivity (Wildman–Crippen MR) is 73.0 cm³/mol. The number of hydrogen-bond acceptors (Lipinski definition) is 3. The first-order chi connectivity index (χ1) is 8.54. The Labute approximate surface area is 112 Å². The molecule has 3 atom stereocenters. The molecular weight excluding hydrogens is 226 g/mol. The van der Waals surface area contributed by atoms with Crippen molar-refractivity contribution in [2.75, 3.05) is 13.7 Å². The van der Waals surface area contributed by atoms with Crippen molar-refractivity contribution < 1.29 is 9.57 Å². The quantitative estimate of drug-likeness (QED) is 0.719. The van der Waals surface area contributed by atoms with Gasteiger partial charge in [-0.05, 0) is 49.9 Å². The van der Waals surface area contributed by atoms with Gasteiger partial charge in [0, 0.05) is 12.6 Å².